The molecule has 0 saturated heterocycles. The Bertz CT molecular complexity index is 3230. The summed E-state index contributed by atoms with van der Waals surface area (Å²) in [6.07, 6.45) is 3.92. The summed E-state index contributed by atoms with van der Waals surface area (Å²) < 4.78 is 3.56. The van der Waals surface area contributed by atoms with E-state index in [1.807, 2.05) is 23.9 Å². The number of carboxylic acids is 3. The van der Waals surface area contributed by atoms with Gasteiger partial charge in [-0.05, 0) is 55.4 Å². The fourth-order valence-corrected chi connectivity index (χ4v) is 8.35. The molecule has 426 valence electrons. The summed E-state index contributed by atoms with van der Waals surface area (Å²) in [7, 11) is 3.62. The van der Waals surface area contributed by atoms with E-state index in [-0.39, 0.29) is 71.2 Å². The smallest absolute Gasteiger partial charge is 0.378 e. The van der Waals surface area contributed by atoms with Gasteiger partial charge in [0.05, 0.1) is 36.4 Å². The Balaban J connectivity index is 0.000000946. The van der Waals surface area contributed by atoms with Crippen LogP contribution in [0.2, 0.25) is 0 Å². The molecule has 0 amide bonds. The third-order valence-electron chi connectivity index (χ3n) is 9.08. The molecule has 0 bridgehead atoms. The van der Waals surface area contributed by atoms with Crippen molar-refractivity contribution in [3.8, 4) is 0 Å². The predicted octanol–water partition coefficient (Wildman–Crippen LogP) is 5.60. The summed E-state index contributed by atoms with van der Waals surface area (Å²) in [6.45, 7) is 15.5. The molecule has 0 aliphatic heterocycles. The van der Waals surface area contributed by atoms with Crippen LogP contribution in [0.25, 0.3) is 0 Å². The number of carbonyl (C=O) groups is 8. The van der Waals surface area contributed by atoms with Gasteiger partial charge in [0, 0.05) is 95.7 Å². The number of thiazole rings is 5. The Labute approximate surface area is 472 Å². The van der Waals surface area contributed by atoms with Crippen LogP contribution in [-0.2, 0) is 67.4 Å². The maximum atomic E-state index is 11.6. The Hall–Kier alpha value is -7.84. The van der Waals surface area contributed by atoms with Gasteiger partial charge >= 0.3 is 17.9 Å². The van der Waals surface area contributed by atoms with E-state index < -0.39 is 41.0 Å². The first-order valence-electron chi connectivity index (χ1n) is 21.8. The van der Waals surface area contributed by atoms with Gasteiger partial charge in [0.2, 0.25) is 17.3 Å². The fourth-order valence-electron chi connectivity index (χ4n) is 5.36. The number of nitrogens with two attached hydrogens (primary N) is 1. The van der Waals surface area contributed by atoms with Gasteiger partial charge in [0.15, 0.2) is 17.5 Å². The maximum absolute atomic E-state index is 11.6. The molecule has 7 N–H and O–H groups in total. The number of carboxylic acid groups (broad SMARTS) is 3. The van der Waals surface area contributed by atoms with Crippen LogP contribution in [0.5, 0.6) is 0 Å². The molecule has 7 aromatic rings. The molecule has 0 aromatic carbocycles. The topological polar surface area (TPSA) is 394 Å². The standard InChI is InChI=1S/C14H15N3O4S.C8H12N2O2.C7H7NO2S.C7H9NOS.2C6H5NO3S.CH4.H2O/c1-8-5-17(3)10(4-12(8)18)6-21-16-13(14(19)20)11-7-22-9(2)15-11;1-6-4-10(2)7(5-12-9)3-8(6)11;1-4(9)7(10)6-3-11-5(2)8-6;1-5(9)3-7-4-10-6(2)8-7;2*1-3-7-4(2-11-3)5(8)6(9)10;;/h4-5,7H,6H2,1-3H3,(H,19,20);3-4H,5,9H2,1-2H3;3H,1-2H3;4H,3H2,1-2H3;2*2H,1H3,(H,9,10);1H4;1H2/b16-13-;;;;;;;. The quantitative estimate of drug-likeness (QED) is 0.0420. The van der Waals surface area contributed by atoms with Crippen molar-refractivity contribution in [2.45, 2.75) is 89.4 Å². The number of oxime groups is 1. The second kappa shape index (κ2) is 34.8. The van der Waals surface area contributed by atoms with Crippen molar-refractivity contribution < 1.29 is 68.8 Å². The zero-order valence-electron chi connectivity index (χ0n) is 43.8. The van der Waals surface area contributed by atoms with Crippen molar-refractivity contribution >= 4 is 109 Å². The first-order valence-corrected chi connectivity index (χ1v) is 26.2. The largest absolute Gasteiger partial charge is 0.476 e. The van der Waals surface area contributed by atoms with Crippen molar-refractivity contribution in [2.75, 3.05) is 0 Å². The van der Waals surface area contributed by atoms with E-state index in [0.29, 0.717) is 27.7 Å². The Morgan fingerprint density at radius 3 is 1.22 bits per heavy atom. The number of hydrogen-bond donors (Lipinski definition) is 4. The summed E-state index contributed by atoms with van der Waals surface area (Å²) in [5.74, 6) is -1.94. The van der Waals surface area contributed by atoms with E-state index in [1.165, 1.54) is 75.2 Å². The van der Waals surface area contributed by atoms with Crippen molar-refractivity contribution in [2.24, 2.45) is 25.1 Å². The van der Waals surface area contributed by atoms with Crippen LogP contribution in [-0.4, -0.2) is 107 Å². The van der Waals surface area contributed by atoms with E-state index in [1.54, 1.807) is 94.6 Å². The molecule has 25 nitrogen and oxygen atoms in total. The van der Waals surface area contributed by atoms with Gasteiger partial charge < -0.3 is 34.8 Å². The van der Waals surface area contributed by atoms with Crippen LogP contribution in [0.3, 0.4) is 0 Å². The number of pyridine rings is 2. The average molecular weight is 1190 g/mol. The number of nitrogens with zero attached hydrogens (tertiary/aromatic N) is 8. The molecule has 7 rings (SSSR count). The number of aryl methyl sites for hydroxylation is 9. The third-order valence-corrected chi connectivity index (χ3v) is 13.0. The number of Topliss-reactive ketones (excluding diaryl/α,β-unsaturated/α-hetero) is 5. The minimum atomic E-state index is -1.46. The lowest BCUT2D eigenvalue weighted by molar-refractivity contribution is -0.132. The molecule has 0 spiro atoms. The summed E-state index contributed by atoms with van der Waals surface area (Å²) >= 11 is 6.79. The molecule has 0 saturated carbocycles. The van der Waals surface area contributed by atoms with Gasteiger partial charge in [-0.2, -0.15) is 0 Å². The van der Waals surface area contributed by atoms with Crippen LogP contribution in [0.1, 0.15) is 112 Å². The van der Waals surface area contributed by atoms with Crippen LogP contribution < -0.4 is 16.8 Å². The second-order valence-electron chi connectivity index (χ2n) is 15.6. The number of rotatable bonds is 15. The van der Waals surface area contributed by atoms with Gasteiger partial charge in [-0.1, -0.05) is 12.6 Å². The van der Waals surface area contributed by atoms with E-state index in [9.17, 15) is 47.9 Å². The van der Waals surface area contributed by atoms with E-state index in [0.717, 1.165) is 32.0 Å². The maximum Gasteiger partial charge on any atom is 0.378 e. The van der Waals surface area contributed by atoms with Crippen molar-refractivity contribution in [3.63, 3.8) is 0 Å². The summed E-state index contributed by atoms with van der Waals surface area (Å²) in [5, 5.41) is 41.3. The molecule has 0 aliphatic rings. The molecule has 79 heavy (non-hydrogen) atoms. The van der Waals surface area contributed by atoms with E-state index in [4.69, 9.17) is 26.1 Å². The number of carbonyl (C=O) groups excluding carboxylic acids is 5. The molecule has 0 aliphatic carbocycles. The number of aromatic nitrogens is 7. The van der Waals surface area contributed by atoms with Gasteiger partial charge in [0.25, 0.3) is 11.6 Å². The first kappa shape index (κ1) is 71.2. The molecule has 7 heterocycles. The molecular formula is C49H59N9O16S5. The summed E-state index contributed by atoms with van der Waals surface area (Å²) in [4.78, 5) is 137. The normalized spacial score (nSPS) is 10.0. The minimum absolute atomic E-state index is 0. The molecule has 0 unspecified atom stereocenters. The predicted molar refractivity (Wildman–Crippen MR) is 299 cm³/mol. The highest BCUT2D eigenvalue weighted by Crippen LogP contribution is 2.13. The van der Waals surface area contributed by atoms with Gasteiger partial charge in [0.1, 0.15) is 35.2 Å². The zero-order valence-corrected chi connectivity index (χ0v) is 47.8. The Morgan fingerprint density at radius 1 is 0.557 bits per heavy atom. The minimum Gasteiger partial charge on any atom is -0.476 e. The average Bonchev–Trinajstić information content (AvgIpc) is 4.23. The number of ketones is 5. The van der Waals surface area contributed by atoms with Gasteiger partial charge in [-0.25, -0.2) is 45.2 Å². The molecular weight excluding hydrogens is 1130 g/mol. The summed E-state index contributed by atoms with van der Waals surface area (Å²) in [6, 6.07) is 2.97. The lowest BCUT2D eigenvalue weighted by Gasteiger charge is -2.08. The molecule has 30 heteroatoms. The number of hydrogen-bond acceptors (Lipinski definition) is 24. The molecule has 0 atom stereocenters. The lowest BCUT2D eigenvalue weighted by Crippen LogP contribution is -2.16. The zero-order chi connectivity index (χ0) is 58.3. The SMILES string of the molecule is C.CC(=O)C(=O)c1csc(C)n1.CC(=O)Cc1csc(C)n1.Cc1cn(C)c(CON)cc1=O.Cc1nc(/C(=N/OCc2cc(=O)c(C)cn2C)C(=O)O)cs1.Cc1nc(C(=O)C(=O)O)cs1.Cc1nc(C(=O)C(=O)O)cs1.O. The van der Waals surface area contributed by atoms with E-state index >= 15 is 0 Å². The van der Waals surface area contributed by atoms with Crippen LogP contribution in [0.15, 0.2) is 66.2 Å². The van der Waals surface area contributed by atoms with Crippen LogP contribution >= 0.6 is 56.7 Å². The number of aliphatic carboxylic acids is 3. The monoisotopic (exact) mass is 1190 g/mol. The molecule has 7 aromatic heterocycles. The van der Waals surface area contributed by atoms with Crippen molar-refractivity contribution in [3.05, 3.63) is 148 Å². The highest BCUT2D eigenvalue weighted by Gasteiger charge is 2.19. The third kappa shape index (κ3) is 25.0. The van der Waals surface area contributed by atoms with Crippen molar-refractivity contribution in [1.29, 1.82) is 0 Å². The molecule has 0 radical (unpaired) electrons. The van der Waals surface area contributed by atoms with Crippen molar-refractivity contribution in [1.82, 2.24) is 34.1 Å². The second-order valence-corrected chi connectivity index (χ2v) is 20.9. The van der Waals surface area contributed by atoms with E-state index in [2.05, 4.69) is 34.9 Å². The highest BCUT2D eigenvalue weighted by molar-refractivity contribution is 7.10. The van der Waals surface area contributed by atoms with Crippen LogP contribution in [0, 0.1) is 48.5 Å². The fraction of sp³-hybridized carbons (Fsp3) is 0.306. The highest BCUT2D eigenvalue weighted by atomic mass is 32.1. The van der Waals surface area contributed by atoms with Gasteiger partial charge in [-0.3, -0.25) is 38.4 Å². The lowest BCUT2D eigenvalue weighted by atomic mass is 10.2. The van der Waals surface area contributed by atoms with Gasteiger partial charge in [-0.15, -0.1) is 56.7 Å². The summed E-state index contributed by atoms with van der Waals surface area (Å²) in [5.41, 5.74) is 3.81. The Kier molecular flexibility index (Phi) is 31.4. The van der Waals surface area contributed by atoms with Crippen LogP contribution in [0.4, 0.5) is 0 Å². The Morgan fingerprint density at radius 2 is 0.911 bits per heavy atom. The molecule has 0 fully saturated rings. The first-order chi connectivity index (χ1) is 36.0.